The topological polar surface area (TPSA) is 84.2 Å². The van der Waals surface area contributed by atoms with Gasteiger partial charge in [-0.05, 0) is 12.5 Å². The van der Waals surface area contributed by atoms with Crippen LogP contribution in [0.4, 0.5) is 0 Å². The molecular weight excluding hydrogens is 278 g/mol. The lowest BCUT2D eigenvalue weighted by Gasteiger charge is -2.05. The average Bonchev–Trinajstić information content (AvgIpc) is 2.87. The van der Waals surface area contributed by atoms with E-state index in [0.29, 0.717) is 0 Å². The molecule has 0 fully saturated rings. The normalized spacial score (nSPS) is 11.7. The van der Waals surface area contributed by atoms with Crippen molar-refractivity contribution in [1.29, 1.82) is 0 Å². The Kier molecular flexibility index (Phi) is 4.53. The molecule has 0 unspecified atom stereocenters. The summed E-state index contributed by atoms with van der Waals surface area (Å²) in [7, 11) is -3.58. The van der Waals surface area contributed by atoms with Crippen molar-refractivity contribution < 1.29 is 13.5 Å². The maximum absolute atomic E-state index is 12.1. The molecule has 0 radical (unpaired) electrons. The maximum atomic E-state index is 12.1. The van der Waals surface area contributed by atoms with E-state index in [0.717, 1.165) is 11.1 Å². The number of aliphatic hydroxyl groups is 1. The van der Waals surface area contributed by atoms with Gasteiger partial charge in [0.05, 0.1) is 19.3 Å². The van der Waals surface area contributed by atoms with Crippen LogP contribution in [-0.2, 0) is 23.1 Å². The highest BCUT2D eigenvalue weighted by molar-refractivity contribution is 7.89. The smallest absolute Gasteiger partial charge is 0.243 e. The number of nitrogens with one attached hydrogen (secondary N) is 1. The molecule has 0 atom stereocenters. The zero-order chi connectivity index (χ0) is 14.6. The fourth-order valence-corrected chi connectivity index (χ4v) is 2.76. The molecule has 1 aromatic carbocycles. The fraction of sp³-hybridized carbons (Fsp3) is 0.308. The standard InChI is InChI=1S/C13H17N3O3S/c1-11-3-2-4-12(7-11)8-15-20(18,19)13-9-14-16(10-13)5-6-17/h2-4,7,9-10,15,17H,5-6,8H2,1H3. The molecule has 1 aromatic heterocycles. The molecule has 6 nitrogen and oxygen atoms in total. The van der Waals surface area contributed by atoms with E-state index in [-0.39, 0.29) is 24.6 Å². The Morgan fingerprint density at radius 1 is 1.40 bits per heavy atom. The van der Waals surface area contributed by atoms with Gasteiger partial charge in [0.25, 0.3) is 0 Å². The Morgan fingerprint density at radius 3 is 2.90 bits per heavy atom. The molecule has 7 heteroatoms. The molecule has 0 spiro atoms. The minimum Gasteiger partial charge on any atom is -0.394 e. The summed E-state index contributed by atoms with van der Waals surface area (Å²) in [6.45, 7) is 2.37. The Labute approximate surface area is 118 Å². The highest BCUT2D eigenvalue weighted by atomic mass is 32.2. The molecule has 0 amide bonds. The monoisotopic (exact) mass is 295 g/mol. The third kappa shape index (κ3) is 3.66. The summed E-state index contributed by atoms with van der Waals surface area (Å²) in [6.07, 6.45) is 2.67. The number of rotatable bonds is 6. The largest absolute Gasteiger partial charge is 0.394 e. The first kappa shape index (κ1) is 14.7. The molecule has 0 saturated carbocycles. The third-order valence-electron chi connectivity index (χ3n) is 2.80. The summed E-state index contributed by atoms with van der Waals surface area (Å²) in [5.41, 5.74) is 1.98. The molecule has 2 N–H and O–H groups in total. The number of aliphatic hydroxyl groups excluding tert-OH is 1. The Hall–Kier alpha value is -1.70. The molecule has 20 heavy (non-hydrogen) atoms. The second-order valence-electron chi connectivity index (χ2n) is 4.48. The van der Waals surface area contributed by atoms with Crippen molar-refractivity contribution in [3.05, 3.63) is 47.8 Å². The lowest BCUT2D eigenvalue weighted by Crippen LogP contribution is -2.23. The summed E-state index contributed by atoms with van der Waals surface area (Å²) >= 11 is 0. The quantitative estimate of drug-likeness (QED) is 0.820. The number of hydrogen-bond acceptors (Lipinski definition) is 4. The number of aromatic nitrogens is 2. The zero-order valence-electron chi connectivity index (χ0n) is 11.2. The van der Waals surface area contributed by atoms with Crippen LogP contribution in [0.2, 0.25) is 0 Å². The summed E-state index contributed by atoms with van der Waals surface area (Å²) < 4.78 is 28.1. The predicted molar refractivity (Wildman–Crippen MR) is 74.5 cm³/mol. The minimum atomic E-state index is -3.58. The van der Waals surface area contributed by atoms with E-state index in [4.69, 9.17) is 5.11 Å². The van der Waals surface area contributed by atoms with Crippen molar-refractivity contribution in [2.75, 3.05) is 6.61 Å². The molecular formula is C13H17N3O3S. The van der Waals surface area contributed by atoms with Crippen molar-refractivity contribution in [3.8, 4) is 0 Å². The summed E-state index contributed by atoms with van der Waals surface area (Å²) in [5, 5.41) is 12.7. The fourth-order valence-electron chi connectivity index (χ4n) is 1.79. The van der Waals surface area contributed by atoms with Gasteiger partial charge in [-0.1, -0.05) is 29.8 Å². The van der Waals surface area contributed by atoms with Crippen molar-refractivity contribution in [2.45, 2.75) is 24.9 Å². The number of sulfonamides is 1. The summed E-state index contributed by atoms with van der Waals surface area (Å²) in [4.78, 5) is 0.0959. The molecule has 0 aliphatic rings. The predicted octanol–water partition coefficient (Wildman–Crippen LogP) is 0.662. The first-order valence-electron chi connectivity index (χ1n) is 6.20. The van der Waals surface area contributed by atoms with Crippen LogP contribution in [0.5, 0.6) is 0 Å². The molecule has 0 aliphatic carbocycles. The SMILES string of the molecule is Cc1cccc(CNS(=O)(=O)c2cnn(CCO)c2)c1. The van der Waals surface area contributed by atoms with E-state index in [2.05, 4.69) is 9.82 Å². The van der Waals surface area contributed by atoms with E-state index in [1.54, 1.807) is 0 Å². The molecule has 1 heterocycles. The number of hydrogen-bond donors (Lipinski definition) is 2. The van der Waals surface area contributed by atoms with Crippen LogP contribution in [0.25, 0.3) is 0 Å². The van der Waals surface area contributed by atoms with Crippen molar-refractivity contribution >= 4 is 10.0 Å². The minimum absolute atomic E-state index is 0.0854. The van der Waals surface area contributed by atoms with E-state index >= 15 is 0 Å². The van der Waals surface area contributed by atoms with E-state index in [1.165, 1.54) is 17.1 Å². The van der Waals surface area contributed by atoms with Crippen molar-refractivity contribution in [1.82, 2.24) is 14.5 Å². The van der Waals surface area contributed by atoms with Gasteiger partial charge in [-0.2, -0.15) is 5.10 Å². The summed E-state index contributed by atoms with van der Waals surface area (Å²) in [5.74, 6) is 0. The van der Waals surface area contributed by atoms with Gasteiger partial charge >= 0.3 is 0 Å². The van der Waals surface area contributed by atoms with Gasteiger partial charge in [-0.3, -0.25) is 4.68 Å². The van der Waals surface area contributed by atoms with Crippen LogP contribution in [-0.4, -0.2) is 29.9 Å². The van der Waals surface area contributed by atoms with Crippen molar-refractivity contribution in [2.24, 2.45) is 0 Å². The summed E-state index contributed by atoms with van der Waals surface area (Å²) in [6, 6.07) is 7.64. The van der Waals surface area contributed by atoms with Gasteiger partial charge in [0.2, 0.25) is 10.0 Å². The van der Waals surface area contributed by atoms with Crippen LogP contribution >= 0.6 is 0 Å². The van der Waals surface area contributed by atoms with Crippen LogP contribution in [0.15, 0.2) is 41.6 Å². The number of benzene rings is 1. The Morgan fingerprint density at radius 2 is 2.20 bits per heavy atom. The Balaban J connectivity index is 2.06. The van der Waals surface area contributed by atoms with Gasteiger partial charge in [0.1, 0.15) is 4.90 Å². The van der Waals surface area contributed by atoms with Gasteiger partial charge < -0.3 is 5.11 Å². The van der Waals surface area contributed by atoms with Crippen LogP contribution in [0.1, 0.15) is 11.1 Å². The first-order valence-corrected chi connectivity index (χ1v) is 7.68. The molecule has 2 aromatic rings. The molecule has 0 bridgehead atoms. The lowest BCUT2D eigenvalue weighted by molar-refractivity contribution is 0.269. The lowest BCUT2D eigenvalue weighted by atomic mass is 10.1. The van der Waals surface area contributed by atoms with Crippen molar-refractivity contribution in [3.63, 3.8) is 0 Å². The van der Waals surface area contributed by atoms with Crippen LogP contribution in [0.3, 0.4) is 0 Å². The molecule has 108 valence electrons. The molecule has 0 aliphatic heterocycles. The van der Waals surface area contributed by atoms with Gasteiger partial charge in [-0.25, -0.2) is 13.1 Å². The molecule has 2 rings (SSSR count). The third-order valence-corrected chi connectivity index (χ3v) is 4.15. The highest BCUT2D eigenvalue weighted by Crippen LogP contribution is 2.09. The zero-order valence-corrected chi connectivity index (χ0v) is 12.0. The Bertz CT molecular complexity index is 680. The van der Waals surface area contributed by atoms with Gasteiger partial charge in [0, 0.05) is 12.7 Å². The number of aryl methyl sites for hydroxylation is 1. The number of nitrogens with zero attached hydrogens (tertiary/aromatic N) is 2. The van der Waals surface area contributed by atoms with Gasteiger partial charge in [0.15, 0.2) is 0 Å². The van der Waals surface area contributed by atoms with Crippen LogP contribution < -0.4 is 4.72 Å². The van der Waals surface area contributed by atoms with Gasteiger partial charge in [-0.15, -0.1) is 0 Å². The van der Waals surface area contributed by atoms with E-state index in [1.807, 2.05) is 31.2 Å². The second kappa shape index (κ2) is 6.17. The molecule has 0 saturated heterocycles. The first-order chi connectivity index (χ1) is 9.51. The van der Waals surface area contributed by atoms with Crippen LogP contribution in [0, 0.1) is 6.92 Å². The highest BCUT2D eigenvalue weighted by Gasteiger charge is 2.16. The second-order valence-corrected chi connectivity index (χ2v) is 6.24. The maximum Gasteiger partial charge on any atom is 0.243 e. The van der Waals surface area contributed by atoms with E-state index in [9.17, 15) is 8.42 Å². The average molecular weight is 295 g/mol. The van der Waals surface area contributed by atoms with E-state index < -0.39 is 10.0 Å².